The molecular formula is C19H25NO3S. The van der Waals surface area contributed by atoms with Crippen molar-refractivity contribution < 1.29 is 14.7 Å². The summed E-state index contributed by atoms with van der Waals surface area (Å²) in [5.74, 6) is -0.150. The molecule has 24 heavy (non-hydrogen) atoms. The molecule has 0 spiro atoms. The van der Waals surface area contributed by atoms with E-state index in [-0.39, 0.29) is 23.8 Å². The number of thioether (sulfide) groups is 1. The minimum Gasteiger partial charge on any atom is -0.481 e. The lowest BCUT2D eigenvalue weighted by atomic mass is 9.80. The van der Waals surface area contributed by atoms with Gasteiger partial charge in [0.05, 0.1) is 12.0 Å². The van der Waals surface area contributed by atoms with Gasteiger partial charge in [0.15, 0.2) is 0 Å². The van der Waals surface area contributed by atoms with Crippen LogP contribution >= 0.6 is 11.8 Å². The van der Waals surface area contributed by atoms with Crippen molar-refractivity contribution in [1.82, 2.24) is 4.90 Å². The van der Waals surface area contributed by atoms with Crippen LogP contribution in [0.3, 0.4) is 0 Å². The van der Waals surface area contributed by atoms with E-state index in [1.165, 1.54) is 5.56 Å². The number of hydrogen-bond acceptors (Lipinski definition) is 3. The molecule has 2 fully saturated rings. The molecule has 1 amide bonds. The van der Waals surface area contributed by atoms with Gasteiger partial charge in [0.2, 0.25) is 5.91 Å². The third kappa shape index (κ3) is 3.61. The highest BCUT2D eigenvalue weighted by atomic mass is 32.2. The maximum absolute atomic E-state index is 13.2. The van der Waals surface area contributed by atoms with E-state index >= 15 is 0 Å². The monoisotopic (exact) mass is 347 g/mol. The Labute approximate surface area is 147 Å². The molecule has 2 aliphatic rings. The Morgan fingerprint density at radius 3 is 2.58 bits per heavy atom. The maximum atomic E-state index is 13.2. The Morgan fingerprint density at radius 1 is 1.17 bits per heavy atom. The fourth-order valence-electron chi connectivity index (χ4n) is 4.04. The summed E-state index contributed by atoms with van der Waals surface area (Å²) < 4.78 is 0. The molecule has 0 bridgehead atoms. The molecule has 1 saturated carbocycles. The first-order chi connectivity index (χ1) is 11.6. The zero-order valence-electron chi connectivity index (χ0n) is 14.1. The minimum absolute atomic E-state index is 0.0858. The highest BCUT2D eigenvalue weighted by Crippen LogP contribution is 2.39. The smallest absolute Gasteiger partial charge is 0.306 e. The Hall–Kier alpha value is -1.49. The first kappa shape index (κ1) is 17.3. The molecular weight excluding hydrogens is 322 g/mol. The third-order valence-corrected chi connectivity index (χ3v) is 6.49. The van der Waals surface area contributed by atoms with Crippen LogP contribution in [0.5, 0.6) is 0 Å². The number of carboxylic acid groups (broad SMARTS) is 1. The van der Waals surface area contributed by atoms with Crippen molar-refractivity contribution >= 4 is 23.6 Å². The maximum Gasteiger partial charge on any atom is 0.306 e. The number of carboxylic acids is 1. The van der Waals surface area contributed by atoms with Crippen LogP contribution < -0.4 is 0 Å². The van der Waals surface area contributed by atoms with Crippen molar-refractivity contribution in [1.29, 1.82) is 0 Å². The number of carbonyl (C=O) groups is 2. The van der Waals surface area contributed by atoms with Crippen LogP contribution in [-0.4, -0.2) is 39.4 Å². The van der Waals surface area contributed by atoms with Crippen LogP contribution in [0.2, 0.25) is 0 Å². The fraction of sp³-hybridized carbons (Fsp3) is 0.579. The second kappa shape index (κ2) is 7.60. The highest BCUT2D eigenvalue weighted by Gasteiger charge is 2.39. The van der Waals surface area contributed by atoms with Gasteiger partial charge in [-0.1, -0.05) is 43.7 Å². The molecule has 0 aromatic heterocycles. The number of benzene rings is 1. The summed E-state index contributed by atoms with van der Waals surface area (Å²) in [5.41, 5.74) is 1.18. The molecule has 5 heteroatoms. The quantitative estimate of drug-likeness (QED) is 0.908. The molecule has 4 nitrogen and oxygen atoms in total. The van der Waals surface area contributed by atoms with Crippen molar-refractivity contribution in [2.75, 3.05) is 12.3 Å². The van der Waals surface area contributed by atoms with Gasteiger partial charge in [-0.05, 0) is 24.8 Å². The lowest BCUT2D eigenvalue weighted by Crippen LogP contribution is -2.47. The van der Waals surface area contributed by atoms with Gasteiger partial charge >= 0.3 is 5.97 Å². The van der Waals surface area contributed by atoms with Crippen LogP contribution in [-0.2, 0) is 9.59 Å². The molecule has 1 aromatic rings. The largest absolute Gasteiger partial charge is 0.481 e. The number of amides is 1. The third-order valence-electron chi connectivity index (χ3n) is 5.29. The Balaban J connectivity index is 1.80. The Kier molecular flexibility index (Phi) is 5.49. The number of aliphatic carboxylic acids is 1. The number of nitrogens with zero attached hydrogens (tertiary/aromatic N) is 1. The van der Waals surface area contributed by atoms with Gasteiger partial charge in [0, 0.05) is 23.5 Å². The Morgan fingerprint density at radius 2 is 1.88 bits per heavy atom. The van der Waals surface area contributed by atoms with Gasteiger partial charge in [0.1, 0.15) is 0 Å². The lowest BCUT2D eigenvalue weighted by Gasteiger charge is -2.42. The van der Waals surface area contributed by atoms with Gasteiger partial charge in [-0.2, -0.15) is 11.8 Å². The predicted molar refractivity (Wildman–Crippen MR) is 95.9 cm³/mol. The normalized spacial score (nSPS) is 30.8. The summed E-state index contributed by atoms with van der Waals surface area (Å²) in [7, 11) is 0. The van der Waals surface area contributed by atoms with E-state index in [1.807, 2.05) is 34.9 Å². The zero-order valence-corrected chi connectivity index (χ0v) is 14.9. The lowest BCUT2D eigenvalue weighted by molar-refractivity contribution is -0.146. The first-order valence-electron chi connectivity index (χ1n) is 8.77. The number of carbonyl (C=O) groups excluding carboxylic acids is 1. The summed E-state index contributed by atoms with van der Waals surface area (Å²) in [5, 5.41) is 9.64. The molecule has 1 saturated heterocycles. The minimum atomic E-state index is -0.755. The molecule has 4 atom stereocenters. The second-order valence-corrected chi connectivity index (χ2v) is 8.35. The standard InChI is InChI=1S/C19H25NO3S/c1-13-17(14-6-3-2-4-7-14)20(10-11-24-13)18(21)15-8-5-9-16(12-15)19(22)23/h2-4,6-7,13,15-17H,5,8-12H2,1H3,(H,22,23). The van der Waals surface area contributed by atoms with Crippen LogP contribution in [0.25, 0.3) is 0 Å². The van der Waals surface area contributed by atoms with E-state index in [0.717, 1.165) is 25.1 Å². The molecule has 130 valence electrons. The summed E-state index contributed by atoms with van der Waals surface area (Å²) in [6.45, 7) is 2.93. The SMILES string of the molecule is CC1SCCN(C(=O)C2CCCC(C(=O)O)C2)C1c1ccccc1. The Bertz CT molecular complexity index is 592. The number of hydrogen-bond donors (Lipinski definition) is 1. The molecule has 0 radical (unpaired) electrons. The second-order valence-electron chi connectivity index (χ2n) is 6.86. The zero-order chi connectivity index (χ0) is 17.1. The van der Waals surface area contributed by atoms with Crippen LogP contribution in [0.15, 0.2) is 30.3 Å². The van der Waals surface area contributed by atoms with E-state index in [0.29, 0.717) is 18.1 Å². The molecule has 3 rings (SSSR count). The fourth-order valence-corrected chi connectivity index (χ4v) is 5.20. The highest BCUT2D eigenvalue weighted by molar-refractivity contribution is 8.00. The topological polar surface area (TPSA) is 57.6 Å². The van der Waals surface area contributed by atoms with Gasteiger partial charge in [-0.3, -0.25) is 9.59 Å². The summed E-state index contributed by atoms with van der Waals surface area (Å²) >= 11 is 1.91. The van der Waals surface area contributed by atoms with Crippen LogP contribution in [0, 0.1) is 11.8 Å². The summed E-state index contributed by atoms with van der Waals surface area (Å²) in [4.78, 5) is 26.5. The van der Waals surface area contributed by atoms with Gasteiger partial charge in [-0.15, -0.1) is 0 Å². The molecule has 1 aliphatic heterocycles. The molecule has 1 heterocycles. The van der Waals surface area contributed by atoms with E-state index in [1.54, 1.807) is 0 Å². The first-order valence-corrected chi connectivity index (χ1v) is 9.82. The van der Waals surface area contributed by atoms with Crippen molar-refractivity contribution in [2.24, 2.45) is 11.8 Å². The van der Waals surface area contributed by atoms with Gasteiger partial charge in [0.25, 0.3) is 0 Å². The molecule has 1 N–H and O–H groups in total. The van der Waals surface area contributed by atoms with Crippen molar-refractivity contribution in [3.8, 4) is 0 Å². The predicted octanol–water partition coefficient (Wildman–Crippen LogP) is 3.58. The van der Waals surface area contributed by atoms with E-state index < -0.39 is 5.97 Å². The molecule has 1 aliphatic carbocycles. The number of rotatable bonds is 3. The van der Waals surface area contributed by atoms with Crippen molar-refractivity contribution in [2.45, 2.75) is 43.9 Å². The average molecular weight is 347 g/mol. The van der Waals surface area contributed by atoms with Crippen LogP contribution in [0.4, 0.5) is 0 Å². The van der Waals surface area contributed by atoms with Crippen LogP contribution in [0.1, 0.15) is 44.2 Å². The average Bonchev–Trinajstić information content (AvgIpc) is 2.61. The van der Waals surface area contributed by atoms with Crippen molar-refractivity contribution in [3.05, 3.63) is 35.9 Å². The van der Waals surface area contributed by atoms with Crippen molar-refractivity contribution in [3.63, 3.8) is 0 Å². The summed E-state index contributed by atoms with van der Waals surface area (Å²) in [6, 6.07) is 10.3. The van der Waals surface area contributed by atoms with Gasteiger partial charge < -0.3 is 10.0 Å². The molecule has 1 aromatic carbocycles. The van der Waals surface area contributed by atoms with E-state index in [4.69, 9.17) is 0 Å². The summed E-state index contributed by atoms with van der Waals surface area (Å²) in [6.07, 6.45) is 2.85. The van der Waals surface area contributed by atoms with E-state index in [2.05, 4.69) is 19.1 Å². The van der Waals surface area contributed by atoms with E-state index in [9.17, 15) is 14.7 Å². The molecule has 4 unspecified atom stereocenters. The van der Waals surface area contributed by atoms with Gasteiger partial charge in [-0.25, -0.2) is 0 Å².